The van der Waals surface area contributed by atoms with Crippen molar-refractivity contribution in [3.8, 4) is 45.5 Å². The Kier molecular flexibility index (Phi) is 6.60. The summed E-state index contributed by atoms with van der Waals surface area (Å²) in [6, 6.07) is 24.5. The summed E-state index contributed by atoms with van der Waals surface area (Å²) in [7, 11) is 3.14. The molecule has 3 aromatic carbocycles. The van der Waals surface area contributed by atoms with Gasteiger partial charge >= 0.3 is 11.6 Å². The fourth-order valence-electron chi connectivity index (χ4n) is 4.78. The van der Waals surface area contributed by atoms with Gasteiger partial charge in [0.1, 0.15) is 9.71 Å². The summed E-state index contributed by atoms with van der Waals surface area (Å²) in [5.74, 6) is -0.0848. The van der Waals surface area contributed by atoms with Gasteiger partial charge in [-0.05, 0) is 19.1 Å². The number of methoxy groups -OCH3 is 2. The number of pyridine rings is 1. The van der Waals surface area contributed by atoms with Gasteiger partial charge in [0.15, 0.2) is 11.5 Å². The number of fused-ring (bicyclic) bond motifs is 1. The molecule has 0 fully saturated rings. The average Bonchev–Trinajstić information content (AvgIpc) is 3.56. The molecule has 0 radical (unpaired) electrons. The molecule has 9 nitrogen and oxygen atoms in total. The van der Waals surface area contributed by atoms with Crippen LogP contribution in [0.4, 0.5) is 5.69 Å². The number of anilines is 1. The van der Waals surface area contributed by atoms with E-state index in [2.05, 4.69) is 5.27 Å². The van der Waals surface area contributed by atoms with Crippen LogP contribution in [0.15, 0.2) is 83.4 Å². The van der Waals surface area contributed by atoms with Gasteiger partial charge < -0.3 is 20.3 Å². The minimum absolute atomic E-state index is 0.143. The first-order chi connectivity index (χ1) is 19.9. The summed E-state index contributed by atoms with van der Waals surface area (Å²) in [5.41, 5.74) is 11.4. The van der Waals surface area contributed by atoms with Crippen LogP contribution in [0.1, 0.15) is 20.9 Å². The number of nitrogen functional groups attached to an aromatic ring is 1. The van der Waals surface area contributed by atoms with Crippen LogP contribution in [0.2, 0.25) is 0 Å². The van der Waals surface area contributed by atoms with Crippen LogP contribution >= 0.6 is 11.3 Å². The van der Waals surface area contributed by atoms with Crippen LogP contribution in [0.3, 0.4) is 0 Å². The number of aromatic nitrogens is 3. The molecule has 204 valence electrons. The van der Waals surface area contributed by atoms with Crippen molar-refractivity contribution in [2.45, 2.75) is 6.92 Å². The first-order valence-corrected chi connectivity index (χ1v) is 13.5. The van der Waals surface area contributed by atoms with E-state index in [9.17, 15) is 9.90 Å². The largest absolute Gasteiger partial charge is 0.493 e. The molecule has 0 saturated carbocycles. The summed E-state index contributed by atoms with van der Waals surface area (Å²) >= 11 is 1.13. The number of carbonyl (C=O) groups is 1. The lowest BCUT2D eigenvalue weighted by atomic mass is 9.98. The Balaban J connectivity index is 1.60. The fraction of sp³-hybridized carbons (Fsp3) is 0.0968. The van der Waals surface area contributed by atoms with Crippen molar-refractivity contribution in [3.63, 3.8) is 0 Å². The number of hydrogen-bond donors (Lipinski definition) is 2. The first kappa shape index (κ1) is 26.0. The molecule has 0 bridgehead atoms. The smallest absolute Gasteiger partial charge is 0.393 e. The van der Waals surface area contributed by atoms with Crippen molar-refractivity contribution < 1.29 is 28.6 Å². The SMILES string of the molecule is COc1cccc(-c2cc(-c3ccccc3)nc3sc(C(=O)c4c(O)on[n+]4-c4ccc(C)cc4)c(N)c23)c1OC. The summed E-state index contributed by atoms with van der Waals surface area (Å²) in [5, 5.41) is 15.0. The monoisotopic (exact) mass is 565 g/mol. The van der Waals surface area contributed by atoms with E-state index >= 15 is 0 Å². The number of aromatic hydroxyl groups is 1. The number of ether oxygens (including phenoxy) is 2. The summed E-state index contributed by atoms with van der Waals surface area (Å²) in [6.07, 6.45) is 0. The quantitative estimate of drug-likeness (QED) is 0.186. The van der Waals surface area contributed by atoms with Crippen molar-refractivity contribution >= 4 is 33.0 Å². The Labute approximate surface area is 239 Å². The predicted molar refractivity (Wildman–Crippen MR) is 156 cm³/mol. The maximum atomic E-state index is 14.0. The number of carbonyl (C=O) groups excluding carboxylic acids is 1. The third-order valence-corrected chi connectivity index (χ3v) is 7.88. The van der Waals surface area contributed by atoms with Crippen LogP contribution < -0.4 is 19.9 Å². The van der Waals surface area contributed by atoms with Gasteiger partial charge in [0.25, 0.3) is 5.78 Å². The zero-order valence-electron chi connectivity index (χ0n) is 22.4. The molecule has 6 rings (SSSR count). The number of nitrogens with two attached hydrogens (primary N) is 1. The van der Waals surface area contributed by atoms with E-state index in [1.165, 1.54) is 4.68 Å². The Morgan fingerprint density at radius 1 is 0.976 bits per heavy atom. The molecule has 3 aromatic heterocycles. The molecule has 0 aliphatic carbocycles. The van der Waals surface area contributed by atoms with E-state index in [1.807, 2.05) is 73.7 Å². The summed E-state index contributed by atoms with van der Waals surface area (Å²) in [4.78, 5) is 19.6. The van der Waals surface area contributed by atoms with E-state index in [0.29, 0.717) is 33.1 Å². The van der Waals surface area contributed by atoms with Gasteiger partial charge in [-0.15, -0.1) is 11.3 Å². The van der Waals surface area contributed by atoms with Gasteiger partial charge in [0.05, 0.1) is 25.6 Å². The second kappa shape index (κ2) is 10.4. The number of thiophene rings is 1. The normalized spacial score (nSPS) is 11.1. The minimum Gasteiger partial charge on any atom is -0.493 e. The average molecular weight is 566 g/mol. The number of hydrogen-bond acceptors (Lipinski definition) is 9. The molecule has 0 amide bonds. The second-order valence-electron chi connectivity index (χ2n) is 9.29. The molecule has 0 aliphatic heterocycles. The highest BCUT2D eigenvalue weighted by Gasteiger charge is 2.37. The van der Waals surface area contributed by atoms with E-state index in [1.54, 1.807) is 26.4 Å². The summed E-state index contributed by atoms with van der Waals surface area (Å²) < 4.78 is 17.6. The second-order valence-corrected chi connectivity index (χ2v) is 10.3. The minimum atomic E-state index is -0.611. The first-order valence-electron chi connectivity index (χ1n) is 12.6. The van der Waals surface area contributed by atoms with E-state index in [4.69, 9.17) is 24.7 Å². The molecule has 3 heterocycles. The van der Waals surface area contributed by atoms with Crippen LogP contribution in [0.25, 0.3) is 38.3 Å². The number of para-hydroxylation sites is 1. The number of nitrogens with zero attached hydrogens (tertiary/aromatic N) is 3. The zero-order chi connectivity index (χ0) is 28.7. The Morgan fingerprint density at radius 3 is 2.44 bits per heavy atom. The van der Waals surface area contributed by atoms with Gasteiger partial charge in [-0.1, -0.05) is 60.2 Å². The third kappa shape index (κ3) is 4.44. The van der Waals surface area contributed by atoms with Crippen LogP contribution in [0.5, 0.6) is 17.4 Å². The maximum absolute atomic E-state index is 14.0. The lowest BCUT2D eigenvalue weighted by Crippen LogP contribution is -2.38. The number of benzene rings is 3. The van der Waals surface area contributed by atoms with Crippen molar-refractivity contribution in [2.24, 2.45) is 0 Å². The van der Waals surface area contributed by atoms with Crippen LogP contribution in [-0.2, 0) is 0 Å². The molecule has 10 heteroatoms. The summed E-state index contributed by atoms with van der Waals surface area (Å²) in [6.45, 7) is 1.95. The van der Waals surface area contributed by atoms with Gasteiger partial charge in [-0.2, -0.15) is 0 Å². The van der Waals surface area contributed by atoms with Crippen molar-refractivity contribution in [1.82, 2.24) is 10.3 Å². The van der Waals surface area contributed by atoms with Gasteiger partial charge in [0, 0.05) is 38.9 Å². The Hall–Kier alpha value is -5.22. The third-order valence-electron chi connectivity index (χ3n) is 6.78. The highest BCUT2D eigenvalue weighted by atomic mass is 32.1. The molecular formula is C31H25N4O5S+. The van der Waals surface area contributed by atoms with Crippen molar-refractivity contribution in [2.75, 3.05) is 20.0 Å². The maximum Gasteiger partial charge on any atom is 0.393 e. The van der Waals surface area contributed by atoms with E-state index in [0.717, 1.165) is 33.6 Å². The van der Waals surface area contributed by atoms with E-state index < -0.39 is 11.7 Å². The predicted octanol–water partition coefficient (Wildman–Crippen LogP) is 5.74. The number of rotatable bonds is 7. The molecule has 0 aliphatic rings. The molecular weight excluding hydrogens is 540 g/mol. The molecule has 0 spiro atoms. The van der Waals surface area contributed by atoms with E-state index in [-0.39, 0.29) is 16.3 Å². The molecule has 0 unspecified atom stereocenters. The van der Waals surface area contributed by atoms with Gasteiger partial charge in [-0.25, -0.2) is 4.98 Å². The van der Waals surface area contributed by atoms with Crippen LogP contribution in [-0.4, -0.2) is 35.4 Å². The van der Waals surface area contributed by atoms with Crippen LogP contribution in [0, 0.1) is 6.92 Å². The van der Waals surface area contributed by atoms with Crippen molar-refractivity contribution in [1.29, 1.82) is 0 Å². The zero-order valence-corrected chi connectivity index (χ0v) is 23.2. The van der Waals surface area contributed by atoms with Gasteiger partial charge in [-0.3, -0.25) is 9.32 Å². The lowest BCUT2D eigenvalue weighted by Gasteiger charge is -2.15. The highest BCUT2D eigenvalue weighted by Crippen LogP contribution is 2.46. The van der Waals surface area contributed by atoms with Crippen molar-refractivity contribution in [3.05, 3.63) is 95.0 Å². The van der Waals surface area contributed by atoms with Gasteiger partial charge in [0.2, 0.25) is 11.0 Å². The Bertz CT molecular complexity index is 1910. The molecule has 6 aromatic rings. The molecule has 41 heavy (non-hydrogen) atoms. The lowest BCUT2D eigenvalue weighted by molar-refractivity contribution is -0.672. The topological polar surface area (TPSA) is 125 Å². The molecule has 3 N–H and O–H groups in total. The molecule has 0 saturated heterocycles. The number of ketones is 1. The Morgan fingerprint density at radius 2 is 1.73 bits per heavy atom. The highest BCUT2D eigenvalue weighted by molar-refractivity contribution is 7.21. The molecule has 0 atom stereocenters. The fourth-order valence-corrected chi connectivity index (χ4v) is 5.84. The number of aryl methyl sites for hydroxylation is 1. The standard InChI is InChI=1S/C31H24N4O5S/c1-17-12-14-19(15-13-17)35-26(31(37)40-34-35)27(36)29-25(32)24-21(20-10-7-11-23(38-2)28(20)39-3)16-22(33-30(24)41-29)18-8-5-4-6-9-18/h4-16H,1-3H3,(H2-,32,34,36,37)/p+1.